The Kier molecular flexibility index (Phi) is 5.64. The van der Waals surface area contributed by atoms with Crippen LogP contribution in [0.25, 0.3) is 0 Å². The fourth-order valence-corrected chi connectivity index (χ4v) is 3.34. The highest BCUT2D eigenvalue weighted by atomic mass is 16.2. The maximum Gasteiger partial charge on any atom is 0.237 e. The van der Waals surface area contributed by atoms with Crippen molar-refractivity contribution in [1.29, 1.82) is 0 Å². The number of nitrogens with zero attached hydrogens (tertiary/aromatic N) is 3. The fourth-order valence-electron chi connectivity index (χ4n) is 3.34. The van der Waals surface area contributed by atoms with Gasteiger partial charge in [0.2, 0.25) is 5.91 Å². The van der Waals surface area contributed by atoms with E-state index in [1.165, 1.54) is 18.4 Å². The summed E-state index contributed by atoms with van der Waals surface area (Å²) < 4.78 is 1.90. The number of rotatable bonds is 5. The second-order valence-electron chi connectivity index (χ2n) is 6.54. The summed E-state index contributed by atoms with van der Waals surface area (Å²) in [6, 6.07) is 10.2. The minimum atomic E-state index is 0.00535. The predicted octanol–water partition coefficient (Wildman–Crippen LogP) is 2.42. The van der Waals surface area contributed by atoms with Gasteiger partial charge in [0.05, 0.1) is 12.6 Å². The van der Waals surface area contributed by atoms with Gasteiger partial charge in [0.1, 0.15) is 0 Å². The Labute approximate surface area is 143 Å². The van der Waals surface area contributed by atoms with E-state index >= 15 is 0 Å². The molecule has 1 aliphatic rings. The highest BCUT2D eigenvalue weighted by Gasteiger charge is 2.24. The van der Waals surface area contributed by atoms with Gasteiger partial charge in [-0.25, -0.2) is 0 Å². The van der Waals surface area contributed by atoms with Crippen LogP contribution in [0.15, 0.2) is 42.7 Å². The maximum atomic E-state index is 12.6. The summed E-state index contributed by atoms with van der Waals surface area (Å²) in [6.45, 7) is 2.30. The second-order valence-corrected chi connectivity index (χ2v) is 6.54. The molecule has 0 bridgehead atoms. The molecule has 24 heavy (non-hydrogen) atoms. The number of hydrogen-bond acceptors (Lipinski definition) is 3. The first-order chi connectivity index (χ1) is 11.7. The minimum Gasteiger partial charge on any atom is -0.351 e. The number of amides is 1. The summed E-state index contributed by atoms with van der Waals surface area (Å²) in [7, 11) is 2.06. The zero-order chi connectivity index (χ0) is 16.8. The lowest BCUT2D eigenvalue weighted by atomic mass is 10.1. The van der Waals surface area contributed by atoms with Gasteiger partial charge in [0, 0.05) is 18.9 Å². The molecule has 1 fully saturated rings. The molecule has 2 heterocycles. The number of likely N-dealkylation sites (tertiary alicyclic amines) is 1. The van der Waals surface area contributed by atoms with Gasteiger partial charge >= 0.3 is 0 Å². The Hall–Kier alpha value is -2.14. The van der Waals surface area contributed by atoms with Gasteiger partial charge in [0.25, 0.3) is 0 Å². The van der Waals surface area contributed by atoms with E-state index in [9.17, 15) is 4.79 Å². The molecule has 1 aromatic heterocycles. The molecular formula is C19H26N4O. The van der Waals surface area contributed by atoms with E-state index in [0.29, 0.717) is 6.54 Å². The third kappa shape index (κ3) is 4.23. The third-order valence-corrected chi connectivity index (χ3v) is 4.79. The Morgan fingerprint density at radius 1 is 1.21 bits per heavy atom. The van der Waals surface area contributed by atoms with Crippen LogP contribution >= 0.6 is 0 Å². The van der Waals surface area contributed by atoms with Crippen LogP contribution in [0.3, 0.4) is 0 Å². The third-order valence-electron chi connectivity index (χ3n) is 4.79. The van der Waals surface area contributed by atoms with Gasteiger partial charge in [-0.3, -0.25) is 14.4 Å². The van der Waals surface area contributed by atoms with Crippen molar-refractivity contribution in [2.24, 2.45) is 0 Å². The normalized spacial score (nSPS) is 19.0. The number of hydrogen-bond donors (Lipinski definition) is 1. The molecule has 1 aromatic carbocycles. The molecule has 1 N–H and O–H groups in total. The number of aromatic nitrogens is 2. The maximum absolute atomic E-state index is 12.6. The number of carbonyl (C=O) groups excluding carboxylic acids is 1. The van der Waals surface area contributed by atoms with Crippen molar-refractivity contribution in [1.82, 2.24) is 20.0 Å². The number of likely N-dealkylation sites (N-methyl/N-ethyl adjacent to an activating group) is 1. The molecule has 3 rings (SSSR count). The first-order valence-electron chi connectivity index (χ1n) is 8.76. The van der Waals surface area contributed by atoms with E-state index in [0.717, 1.165) is 31.5 Å². The van der Waals surface area contributed by atoms with Crippen LogP contribution in [0.2, 0.25) is 0 Å². The van der Waals surface area contributed by atoms with Crippen LogP contribution in [-0.4, -0.2) is 40.2 Å². The predicted molar refractivity (Wildman–Crippen MR) is 94.5 cm³/mol. The quantitative estimate of drug-likeness (QED) is 0.918. The van der Waals surface area contributed by atoms with Gasteiger partial charge in [-0.2, -0.15) is 5.10 Å². The lowest BCUT2D eigenvalue weighted by Crippen LogP contribution is -2.44. The lowest BCUT2D eigenvalue weighted by molar-refractivity contribution is -0.126. The molecule has 0 radical (unpaired) electrons. The lowest BCUT2D eigenvalue weighted by Gasteiger charge is -2.24. The molecule has 5 heteroatoms. The molecule has 2 aromatic rings. The Morgan fingerprint density at radius 3 is 2.83 bits per heavy atom. The summed E-state index contributed by atoms with van der Waals surface area (Å²) in [5, 5.41) is 7.40. The summed E-state index contributed by atoms with van der Waals surface area (Å²) in [5.41, 5.74) is 2.34. The first kappa shape index (κ1) is 16.7. The molecular weight excluding hydrogens is 300 g/mol. The van der Waals surface area contributed by atoms with E-state index in [1.54, 1.807) is 6.20 Å². The van der Waals surface area contributed by atoms with Crippen LogP contribution in [-0.2, 0) is 17.9 Å². The summed E-state index contributed by atoms with van der Waals surface area (Å²) >= 11 is 0. The standard InChI is InChI=1S/C19H26N4O/c1-22-12-6-2-3-10-18(22)19(24)20-14-16-8-4-5-9-17(16)15-23-13-7-11-21-23/h4-5,7-9,11,13,18H,2-3,6,10,12,14-15H2,1H3,(H,20,24)/t18-/m1/s1. The van der Waals surface area contributed by atoms with Crippen LogP contribution in [0.5, 0.6) is 0 Å². The van der Waals surface area contributed by atoms with Crippen LogP contribution < -0.4 is 5.32 Å². The van der Waals surface area contributed by atoms with Gasteiger partial charge in [-0.1, -0.05) is 37.1 Å². The molecule has 0 unspecified atom stereocenters. The average Bonchev–Trinajstić information content (AvgIpc) is 3.00. The van der Waals surface area contributed by atoms with Crippen molar-refractivity contribution in [3.05, 3.63) is 53.9 Å². The molecule has 1 amide bonds. The number of carbonyl (C=O) groups is 1. The van der Waals surface area contributed by atoms with Crippen LogP contribution in [0.4, 0.5) is 0 Å². The largest absolute Gasteiger partial charge is 0.351 e. The second kappa shape index (κ2) is 8.11. The average molecular weight is 326 g/mol. The van der Waals surface area contributed by atoms with Crippen molar-refractivity contribution >= 4 is 5.91 Å². The summed E-state index contributed by atoms with van der Waals surface area (Å²) in [4.78, 5) is 14.8. The topological polar surface area (TPSA) is 50.2 Å². The highest BCUT2D eigenvalue weighted by Crippen LogP contribution is 2.16. The smallest absolute Gasteiger partial charge is 0.237 e. The molecule has 128 valence electrons. The fraction of sp³-hybridized carbons (Fsp3) is 0.474. The highest BCUT2D eigenvalue weighted by molar-refractivity contribution is 5.81. The summed E-state index contributed by atoms with van der Waals surface area (Å²) in [6.07, 6.45) is 8.24. The molecule has 0 spiro atoms. The zero-order valence-electron chi connectivity index (χ0n) is 14.3. The molecule has 5 nitrogen and oxygen atoms in total. The van der Waals surface area contributed by atoms with Crippen molar-refractivity contribution in [3.63, 3.8) is 0 Å². The minimum absolute atomic E-state index is 0.00535. The zero-order valence-corrected chi connectivity index (χ0v) is 14.3. The number of benzene rings is 1. The SMILES string of the molecule is CN1CCCCC[C@@H]1C(=O)NCc1ccccc1Cn1cccn1. The molecule has 1 saturated heterocycles. The summed E-state index contributed by atoms with van der Waals surface area (Å²) in [5.74, 6) is 0.147. The van der Waals surface area contributed by atoms with E-state index in [4.69, 9.17) is 0 Å². The van der Waals surface area contributed by atoms with Crippen molar-refractivity contribution in [2.75, 3.05) is 13.6 Å². The van der Waals surface area contributed by atoms with Crippen LogP contribution in [0.1, 0.15) is 36.8 Å². The van der Waals surface area contributed by atoms with E-state index < -0.39 is 0 Å². The Bertz CT molecular complexity index is 653. The van der Waals surface area contributed by atoms with Gasteiger partial charge in [-0.15, -0.1) is 0 Å². The molecule has 0 saturated carbocycles. The Morgan fingerprint density at radius 2 is 2.04 bits per heavy atom. The van der Waals surface area contributed by atoms with Gasteiger partial charge in [-0.05, 0) is 43.6 Å². The number of nitrogens with one attached hydrogen (secondary N) is 1. The molecule has 0 aliphatic carbocycles. The van der Waals surface area contributed by atoms with Crippen molar-refractivity contribution < 1.29 is 4.79 Å². The van der Waals surface area contributed by atoms with Crippen molar-refractivity contribution in [2.45, 2.75) is 44.8 Å². The molecule has 1 atom stereocenters. The molecule has 1 aliphatic heterocycles. The van der Waals surface area contributed by atoms with E-state index in [-0.39, 0.29) is 11.9 Å². The van der Waals surface area contributed by atoms with E-state index in [1.807, 2.05) is 29.1 Å². The van der Waals surface area contributed by atoms with E-state index in [2.05, 4.69) is 34.5 Å². The van der Waals surface area contributed by atoms with Gasteiger partial charge in [0.15, 0.2) is 0 Å². The Balaban J connectivity index is 1.62. The monoisotopic (exact) mass is 326 g/mol. The van der Waals surface area contributed by atoms with Gasteiger partial charge < -0.3 is 5.32 Å². The van der Waals surface area contributed by atoms with Crippen LogP contribution in [0, 0.1) is 0 Å². The van der Waals surface area contributed by atoms with Crippen molar-refractivity contribution in [3.8, 4) is 0 Å². The first-order valence-corrected chi connectivity index (χ1v) is 8.76.